The van der Waals surface area contributed by atoms with Gasteiger partial charge in [0.25, 0.3) is 0 Å². The molecule has 1 amide bonds. The zero-order chi connectivity index (χ0) is 16.2. The summed E-state index contributed by atoms with van der Waals surface area (Å²) in [5.74, 6) is -0.857. The number of amides is 1. The number of carbonyl (C=O) groups excluding carboxylic acids is 2. The van der Waals surface area contributed by atoms with Gasteiger partial charge in [-0.2, -0.15) is 0 Å². The minimum absolute atomic E-state index is 0.0996. The van der Waals surface area contributed by atoms with Crippen LogP contribution in [0.5, 0.6) is 5.75 Å². The van der Waals surface area contributed by atoms with Gasteiger partial charge in [0.2, 0.25) is 5.91 Å². The summed E-state index contributed by atoms with van der Waals surface area (Å²) < 4.78 is 16.0. The van der Waals surface area contributed by atoms with E-state index in [0.29, 0.717) is 6.54 Å². The third kappa shape index (κ3) is 1.84. The summed E-state index contributed by atoms with van der Waals surface area (Å²) in [6.45, 7) is 0.406. The maximum Gasteiger partial charge on any atom is 0.312 e. The Hall–Kier alpha value is -2.34. The van der Waals surface area contributed by atoms with E-state index in [9.17, 15) is 9.59 Å². The molecule has 0 aromatic heterocycles. The van der Waals surface area contributed by atoms with Gasteiger partial charge in [-0.25, -0.2) is 0 Å². The minimum Gasteiger partial charge on any atom is -0.497 e. The zero-order valence-corrected chi connectivity index (χ0v) is 12.9. The van der Waals surface area contributed by atoms with E-state index in [4.69, 9.17) is 14.2 Å². The number of hydrogen-bond donors (Lipinski definition) is 0. The molecule has 3 aliphatic heterocycles. The SMILES string of the molecule is COC(=O)[C@H]1[C@@H]2C=C[C@]3(CN(c4ccc(OC)cc4)C(=O)[C@H]13)O2. The van der Waals surface area contributed by atoms with Crippen LogP contribution in [-0.2, 0) is 19.1 Å². The van der Waals surface area contributed by atoms with Crippen molar-refractivity contribution in [2.45, 2.75) is 11.7 Å². The van der Waals surface area contributed by atoms with Crippen molar-refractivity contribution < 1.29 is 23.8 Å². The first-order chi connectivity index (χ1) is 11.1. The topological polar surface area (TPSA) is 65.1 Å². The number of nitrogens with zero attached hydrogens (tertiary/aromatic N) is 1. The van der Waals surface area contributed by atoms with E-state index >= 15 is 0 Å². The highest BCUT2D eigenvalue weighted by Crippen LogP contribution is 2.52. The van der Waals surface area contributed by atoms with Crippen LogP contribution < -0.4 is 9.64 Å². The van der Waals surface area contributed by atoms with E-state index in [1.54, 1.807) is 24.1 Å². The highest BCUT2D eigenvalue weighted by molar-refractivity contribution is 6.02. The minimum atomic E-state index is -0.722. The second-order valence-corrected chi connectivity index (χ2v) is 6.05. The van der Waals surface area contributed by atoms with Crippen molar-refractivity contribution in [2.24, 2.45) is 11.8 Å². The van der Waals surface area contributed by atoms with Crippen LogP contribution in [0.25, 0.3) is 0 Å². The Morgan fingerprint density at radius 3 is 2.70 bits per heavy atom. The predicted molar refractivity (Wildman–Crippen MR) is 81.1 cm³/mol. The van der Waals surface area contributed by atoms with Gasteiger partial charge in [-0.05, 0) is 24.3 Å². The molecule has 120 valence electrons. The molecule has 0 radical (unpaired) electrons. The highest BCUT2D eigenvalue weighted by atomic mass is 16.5. The molecule has 6 heteroatoms. The van der Waals surface area contributed by atoms with Gasteiger partial charge in [-0.1, -0.05) is 12.2 Å². The van der Waals surface area contributed by atoms with E-state index in [2.05, 4.69) is 0 Å². The van der Waals surface area contributed by atoms with Crippen molar-refractivity contribution in [3.05, 3.63) is 36.4 Å². The standard InChI is InChI=1S/C17H17NO5/c1-21-11-5-3-10(4-6-11)18-9-17-8-7-12(23-17)13(16(20)22-2)14(17)15(18)19/h3-8,12-14H,9H2,1-2H3/t12-,13-,14-,17+/m0/s1. The third-order valence-corrected chi connectivity index (χ3v) is 4.96. The molecule has 1 aromatic rings. The van der Waals surface area contributed by atoms with Crippen molar-refractivity contribution in [3.63, 3.8) is 0 Å². The maximum absolute atomic E-state index is 12.9. The summed E-state index contributed by atoms with van der Waals surface area (Å²) in [5.41, 5.74) is 0.0456. The van der Waals surface area contributed by atoms with Crippen molar-refractivity contribution in [1.82, 2.24) is 0 Å². The van der Waals surface area contributed by atoms with E-state index in [-0.39, 0.29) is 12.0 Å². The average Bonchev–Trinajstić information content (AvgIpc) is 3.22. The summed E-state index contributed by atoms with van der Waals surface area (Å²) >= 11 is 0. The molecule has 2 saturated heterocycles. The Bertz CT molecular complexity index is 697. The molecule has 0 aliphatic carbocycles. The molecule has 1 spiro atoms. The van der Waals surface area contributed by atoms with Crippen molar-refractivity contribution >= 4 is 17.6 Å². The molecule has 4 atom stereocenters. The Kier molecular flexibility index (Phi) is 2.99. The van der Waals surface area contributed by atoms with Crippen molar-refractivity contribution in [3.8, 4) is 5.75 Å². The third-order valence-electron chi connectivity index (χ3n) is 4.96. The molecule has 0 N–H and O–H groups in total. The lowest BCUT2D eigenvalue weighted by Crippen LogP contribution is -2.39. The fourth-order valence-electron chi connectivity index (χ4n) is 3.88. The molecule has 2 bridgehead atoms. The number of hydrogen-bond acceptors (Lipinski definition) is 5. The predicted octanol–water partition coefficient (Wildman–Crippen LogP) is 1.15. The molecule has 0 saturated carbocycles. The Morgan fingerprint density at radius 1 is 1.30 bits per heavy atom. The van der Waals surface area contributed by atoms with Gasteiger partial charge in [-0.15, -0.1) is 0 Å². The van der Waals surface area contributed by atoms with Gasteiger partial charge >= 0.3 is 5.97 Å². The van der Waals surface area contributed by atoms with Crippen LogP contribution in [0.3, 0.4) is 0 Å². The number of ether oxygens (including phenoxy) is 3. The molecule has 3 heterocycles. The lowest BCUT2D eigenvalue weighted by molar-refractivity contribution is -0.149. The molecule has 1 aromatic carbocycles. The van der Waals surface area contributed by atoms with Gasteiger partial charge < -0.3 is 19.1 Å². The normalized spacial score (nSPS) is 33.9. The fraction of sp³-hybridized carbons (Fsp3) is 0.412. The molecule has 0 unspecified atom stereocenters. The van der Waals surface area contributed by atoms with Crippen LogP contribution >= 0.6 is 0 Å². The number of carbonyl (C=O) groups is 2. The second-order valence-electron chi connectivity index (χ2n) is 6.05. The summed E-state index contributed by atoms with van der Waals surface area (Å²) in [4.78, 5) is 26.7. The Labute approximate surface area is 133 Å². The molecular weight excluding hydrogens is 298 g/mol. The quantitative estimate of drug-likeness (QED) is 0.618. The van der Waals surface area contributed by atoms with Crippen LogP contribution in [0.1, 0.15) is 0 Å². The Morgan fingerprint density at radius 2 is 2.04 bits per heavy atom. The maximum atomic E-state index is 12.9. The smallest absolute Gasteiger partial charge is 0.312 e. The van der Waals surface area contributed by atoms with E-state index < -0.39 is 23.4 Å². The van der Waals surface area contributed by atoms with Crippen LogP contribution in [0, 0.1) is 11.8 Å². The summed E-state index contributed by atoms with van der Waals surface area (Å²) in [6.07, 6.45) is 3.42. The number of fused-ring (bicyclic) bond motifs is 1. The lowest BCUT2D eigenvalue weighted by Gasteiger charge is -2.22. The van der Waals surface area contributed by atoms with Crippen LogP contribution in [0.2, 0.25) is 0 Å². The van der Waals surface area contributed by atoms with Gasteiger partial charge in [0.1, 0.15) is 17.3 Å². The van der Waals surface area contributed by atoms with Gasteiger partial charge in [-0.3, -0.25) is 9.59 Å². The number of benzene rings is 1. The monoisotopic (exact) mass is 315 g/mol. The first-order valence-electron chi connectivity index (χ1n) is 7.50. The second kappa shape index (κ2) is 4.83. The van der Waals surface area contributed by atoms with E-state index in [1.807, 2.05) is 24.3 Å². The zero-order valence-electron chi connectivity index (χ0n) is 12.9. The number of methoxy groups -OCH3 is 2. The number of anilines is 1. The first-order valence-corrected chi connectivity index (χ1v) is 7.50. The van der Waals surface area contributed by atoms with Crippen molar-refractivity contribution in [1.29, 1.82) is 0 Å². The largest absolute Gasteiger partial charge is 0.497 e. The Balaban J connectivity index is 1.68. The molecule has 6 nitrogen and oxygen atoms in total. The highest BCUT2D eigenvalue weighted by Gasteiger charge is 2.67. The fourth-order valence-corrected chi connectivity index (χ4v) is 3.88. The van der Waals surface area contributed by atoms with Gasteiger partial charge in [0, 0.05) is 5.69 Å². The summed E-state index contributed by atoms with van der Waals surface area (Å²) in [5, 5.41) is 0. The number of esters is 1. The summed E-state index contributed by atoms with van der Waals surface area (Å²) in [6, 6.07) is 7.27. The van der Waals surface area contributed by atoms with Crippen molar-refractivity contribution in [2.75, 3.05) is 25.7 Å². The molecule has 4 rings (SSSR count). The van der Waals surface area contributed by atoms with Gasteiger partial charge in [0.15, 0.2) is 0 Å². The van der Waals surface area contributed by atoms with Crippen LogP contribution in [0.4, 0.5) is 5.69 Å². The van der Waals surface area contributed by atoms with Crippen LogP contribution in [0.15, 0.2) is 36.4 Å². The molecule has 23 heavy (non-hydrogen) atoms. The van der Waals surface area contributed by atoms with Crippen LogP contribution in [-0.4, -0.2) is 44.3 Å². The lowest BCUT2D eigenvalue weighted by atomic mass is 9.77. The van der Waals surface area contributed by atoms with E-state index in [0.717, 1.165) is 11.4 Å². The molecule has 3 aliphatic rings. The molecule has 2 fully saturated rings. The average molecular weight is 315 g/mol. The molecular formula is C17H17NO5. The summed E-state index contributed by atoms with van der Waals surface area (Å²) in [7, 11) is 2.93. The van der Waals surface area contributed by atoms with Gasteiger partial charge in [0.05, 0.1) is 32.8 Å². The number of rotatable bonds is 3. The first kappa shape index (κ1) is 14.3. The van der Waals surface area contributed by atoms with E-state index in [1.165, 1.54) is 7.11 Å².